The first-order chi connectivity index (χ1) is 8.94. The van der Waals surface area contributed by atoms with Gasteiger partial charge in [0.25, 0.3) is 10.0 Å². The highest BCUT2D eigenvalue weighted by atomic mass is 32.2. The lowest BCUT2D eigenvalue weighted by Crippen LogP contribution is -2.17. The van der Waals surface area contributed by atoms with Gasteiger partial charge < -0.3 is 10.3 Å². The highest BCUT2D eigenvalue weighted by Gasteiger charge is 2.22. The zero-order valence-electron chi connectivity index (χ0n) is 10.2. The molecule has 0 bridgehead atoms. The second-order valence-electron chi connectivity index (χ2n) is 3.88. The number of anilines is 2. The molecule has 1 aromatic carbocycles. The number of rotatable bonds is 3. The second kappa shape index (κ2) is 4.66. The molecular weight excluding hydrogens is 264 g/mol. The van der Waals surface area contributed by atoms with Crippen molar-refractivity contribution < 1.29 is 8.42 Å². The van der Waals surface area contributed by atoms with Crippen LogP contribution >= 0.6 is 0 Å². The predicted molar refractivity (Wildman–Crippen MR) is 72.8 cm³/mol. The van der Waals surface area contributed by atoms with Gasteiger partial charge in [0.15, 0.2) is 10.8 Å². The van der Waals surface area contributed by atoms with Crippen LogP contribution in [0.1, 0.15) is 5.56 Å². The standard InChI is InChI=1S/C12H12N4O2S/c1-3-9-5-4-6-10(7-9)15-19(17,18)12-11(13)14-8-16(12)2/h1,4-8,15H,13H2,2H3. The number of nitrogen functional groups attached to an aromatic ring is 1. The molecule has 0 aliphatic rings. The van der Waals surface area contributed by atoms with Gasteiger partial charge in [-0.1, -0.05) is 12.0 Å². The van der Waals surface area contributed by atoms with Gasteiger partial charge in [-0.3, -0.25) is 4.72 Å². The lowest BCUT2D eigenvalue weighted by Gasteiger charge is -2.09. The summed E-state index contributed by atoms with van der Waals surface area (Å²) in [7, 11) is -2.25. The maximum absolute atomic E-state index is 12.2. The van der Waals surface area contributed by atoms with Gasteiger partial charge in [-0.25, -0.2) is 4.98 Å². The maximum atomic E-state index is 12.2. The van der Waals surface area contributed by atoms with E-state index in [0.717, 1.165) is 0 Å². The van der Waals surface area contributed by atoms with E-state index < -0.39 is 10.0 Å². The number of aromatic nitrogens is 2. The number of nitrogens with zero attached hydrogens (tertiary/aromatic N) is 2. The number of hydrogen-bond donors (Lipinski definition) is 2. The lowest BCUT2D eigenvalue weighted by molar-refractivity contribution is 0.592. The van der Waals surface area contributed by atoms with Gasteiger partial charge in [-0.2, -0.15) is 8.42 Å². The average molecular weight is 276 g/mol. The van der Waals surface area contributed by atoms with Gasteiger partial charge in [0, 0.05) is 12.6 Å². The maximum Gasteiger partial charge on any atom is 0.281 e. The Bertz CT molecular complexity index is 737. The molecular formula is C12H12N4O2S. The Morgan fingerprint density at radius 3 is 2.79 bits per heavy atom. The Morgan fingerprint density at radius 2 is 2.21 bits per heavy atom. The second-order valence-corrected chi connectivity index (χ2v) is 5.47. The van der Waals surface area contributed by atoms with Crippen LogP contribution in [0.2, 0.25) is 0 Å². The summed E-state index contributed by atoms with van der Waals surface area (Å²) in [4.78, 5) is 3.75. The predicted octanol–water partition coefficient (Wildman–Crippen LogP) is 0.784. The molecule has 0 unspecified atom stereocenters. The van der Waals surface area contributed by atoms with Crippen LogP contribution in [0.4, 0.5) is 11.5 Å². The van der Waals surface area contributed by atoms with E-state index >= 15 is 0 Å². The smallest absolute Gasteiger partial charge is 0.281 e. The molecule has 1 heterocycles. The first-order valence-corrected chi connectivity index (χ1v) is 6.78. The molecule has 0 amide bonds. The molecule has 0 aliphatic heterocycles. The summed E-state index contributed by atoms with van der Waals surface area (Å²) < 4.78 is 28.1. The quantitative estimate of drug-likeness (QED) is 0.811. The SMILES string of the molecule is C#Cc1cccc(NS(=O)(=O)c2c(N)ncn2C)c1. The molecule has 2 aromatic rings. The monoisotopic (exact) mass is 276 g/mol. The Kier molecular flexibility index (Phi) is 3.19. The first kappa shape index (κ1) is 13.0. The van der Waals surface area contributed by atoms with Crippen LogP contribution in [-0.4, -0.2) is 18.0 Å². The molecule has 0 atom stereocenters. The molecule has 0 spiro atoms. The van der Waals surface area contributed by atoms with Crippen LogP contribution in [0.15, 0.2) is 35.6 Å². The van der Waals surface area contributed by atoms with Crippen molar-refractivity contribution in [3.05, 3.63) is 36.2 Å². The van der Waals surface area contributed by atoms with Gasteiger partial charge in [-0.15, -0.1) is 6.42 Å². The van der Waals surface area contributed by atoms with Crippen molar-refractivity contribution in [1.29, 1.82) is 0 Å². The number of aryl methyl sites for hydroxylation is 1. The fraction of sp³-hybridized carbons (Fsp3) is 0.0833. The van der Waals surface area contributed by atoms with E-state index in [1.165, 1.54) is 10.9 Å². The average Bonchev–Trinajstić information content (AvgIpc) is 2.69. The third-order valence-electron chi connectivity index (χ3n) is 2.45. The van der Waals surface area contributed by atoms with Crippen molar-refractivity contribution in [2.45, 2.75) is 5.03 Å². The number of sulfonamides is 1. The lowest BCUT2D eigenvalue weighted by atomic mass is 10.2. The molecule has 19 heavy (non-hydrogen) atoms. The summed E-state index contributed by atoms with van der Waals surface area (Å²) in [6.45, 7) is 0. The molecule has 0 aliphatic carbocycles. The molecule has 7 heteroatoms. The van der Waals surface area contributed by atoms with Crippen LogP contribution in [0.25, 0.3) is 0 Å². The van der Waals surface area contributed by atoms with Crippen molar-refractivity contribution >= 4 is 21.5 Å². The molecule has 2 rings (SSSR count). The van der Waals surface area contributed by atoms with E-state index in [2.05, 4.69) is 15.6 Å². The minimum Gasteiger partial charge on any atom is -0.381 e. The Morgan fingerprint density at radius 1 is 1.47 bits per heavy atom. The number of terminal acetylenes is 1. The Hall–Kier alpha value is -2.46. The van der Waals surface area contributed by atoms with Gasteiger partial charge in [0.2, 0.25) is 0 Å². The minimum atomic E-state index is -3.80. The van der Waals surface area contributed by atoms with E-state index in [0.29, 0.717) is 11.3 Å². The number of imidazole rings is 1. The van der Waals surface area contributed by atoms with E-state index in [4.69, 9.17) is 12.2 Å². The summed E-state index contributed by atoms with van der Waals surface area (Å²) in [5.74, 6) is 2.38. The van der Waals surface area contributed by atoms with Gasteiger partial charge >= 0.3 is 0 Å². The topological polar surface area (TPSA) is 90.0 Å². The van der Waals surface area contributed by atoms with Crippen LogP contribution in [0.3, 0.4) is 0 Å². The summed E-state index contributed by atoms with van der Waals surface area (Å²) in [5, 5.41) is -0.0846. The zero-order chi connectivity index (χ0) is 14.0. The van der Waals surface area contributed by atoms with Crippen molar-refractivity contribution in [3.63, 3.8) is 0 Å². The molecule has 98 valence electrons. The Labute approximate surface area is 111 Å². The van der Waals surface area contributed by atoms with Crippen molar-refractivity contribution in [3.8, 4) is 12.3 Å². The molecule has 0 saturated carbocycles. The van der Waals surface area contributed by atoms with Crippen LogP contribution < -0.4 is 10.5 Å². The molecule has 3 N–H and O–H groups in total. The first-order valence-electron chi connectivity index (χ1n) is 5.30. The molecule has 6 nitrogen and oxygen atoms in total. The fourth-order valence-corrected chi connectivity index (χ4v) is 2.93. The third kappa shape index (κ3) is 2.53. The minimum absolute atomic E-state index is 0.0527. The number of nitrogens with two attached hydrogens (primary N) is 1. The summed E-state index contributed by atoms with van der Waals surface area (Å²) >= 11 is 0. The fourth-order valence-electron chi connectivity index (χ4n) is 1.64. The zero-order valence-corrected chi connectivity index (χ0v) is 11.0. The van der Waals surface area contributed by atoms with Gasteiger partial charge in [-0.05, 0) is 18.2 Å². The van der Waals surface area contributed by atoms with Crippen molar-refractivity contribution in [1.82, 2.24) is 9.55 Å². The largest absolute Gasteiger partial charge is 0.381 e. The number of nitrogens with one attached hydrogen (secondary N) is 1. The number of benzene rings is 1. The van der Waals surface area contributed by atoms with E-state index in [1.54, 1.807) is 31.3 Å². The highest BCUT2D eigenvalue weighted by molar-refractivity contribution is 7.92. The molecule has 0 radical (unpaired) electrons. The summed E-state index contributed by atoms with van der Waals surface area (Å²) in [6, 6.07) is 6.53. The molecule has 1 aromatic heterocycles. The van der Waals surface area contributed by atoms with Gasteiger partial charge in [0.1, 0.15) is 0 Å². The molecule has 0 fully saturated rings. The normalized spacial score (nSPS) is 10.9. The summed E-state index contributed by atoms with van der Waals surface area (Å²) in [5.41, 5.74) is 6.51. The third-order valence-corrected chi connectivity index (χ3v) is 3.96. The molecule has 0 saturated heterocycles. The van der Waals surface area contributed by atoms with E-state index in [9.17, 15) is 8.42 Å². The van der Waals surface area contributed by atoms with Gasteiger partial charge in [0.05, 0.1) is 12.0 Å². The summed E-state index contributed by atoms with van der Waals surface area (Å²) in [6.07, 6.45) is 6.60. The van der Waals surface area contributed by atoms with Crippen molar-refractivity contribution in [2.75, 3.05) is 10.5 Å². The number of hydrogen-bond acceptors (Lipinski definition) is 4. The highest BCUT2D eigenvalue weighted by Crippen LogP contribution is 2.20. The van der Waals surface area contributed by atoms with E-state index in [1.807, 2.05) is 0 Å². The van der Waals surface area contributed by atoms with Crippen molar-refractivity contribution in [2.24, 2.45) is 7.05 Å². The van der Waals surface area contributed by atoms with Crippen LogP contribution in [0, 0.1) is 12.3 Å². The van der Waals surface area contributed by atoms with Crippen LogP contribution in [-0.2, 0) is 17.1 Å². The van der Waals surface area contributed by atoms with E-state index in [-0.39, 0.29) is 10.8 Å². The van der Waals surface area contributed by atoms with Crippen LogP contribution in [0.5, 0.6) is 0 Å². The Balaban J connectivity index is 2.40.